The predicted octanol–water partition coefficient (Wildman–Crippen LogP) is 4.91. The molecule has 0 aliphatic heterocycles. The molecule has 0 fully saturated rings. The maximum absolute atomic E-state index is 4.10. The first-order chi connectivity index (χ1) is 10.9. The summed E-state index contributed by atoms with van der Waals surface area (Å²) in [5.74, 6) is 0.738. The Labute approximate surface area is 149 Å². The smallest absolute Gasteiger partial charge is 0.277 e. The van der Waals surface area contributed by atoms with Crippen molar-refractivity contribution in [1.82, 2.24) is 14.2 Å². The number of nitrogens with one attached hydrogen (secondary N) is 2. The van der Waals surface area contributed by atoms with Gasteiger partial charge in [-0.2, -0.15) is 0 Å². The van der Waals surface area contributed by atoms with Crippen molar-refractivity contribution in [2.45, 2.75) is 92.4 Å². The van der Waals surface area contributed by atoms with E-state index in [2.05, 4.69) is 69.6 Å². The Morgan fingerprint density at radius 1 is 0.783 bits per heavy atom. The zero-order valence-corrected chi connectivity index (χ0v) is 19.4. The van der Waals surface area contributed by atoms with Crippen LogP contribution in [-0.2, 0) is 0 Å². The minimum absolute atomic E-state index is 0.738. The highest BCUT2D eigenvalue weighted by molar-refractivity contribution is 6.90. The van der Waals surface area contributed by atoms with Crippen LogP contribution in [0.1, 0.15) is 68.2 Å². The van der Waals surface area contributed by atoms with E-state index in [0.717, 1.165) is 19.0 Å². The number of hydrogen-bond donors (Lipinski definition) is 2. The molecule has 0 aliphatic carbocycles. The van der Waals surface area contributed by atoms with E-state index in [4.69, 9.17) is 0 Å². The van der Waals surface area contributed by atoms with Crippen LogP contribution in [0.5, 0.6) is 0 Å². The van der Waals surface area contributed by atoms with Gasteiger partial charge in [-0.1, -0.05) is 55.4 Å². The fourth-order valence-electron chi connectivity index (χ4n) is 4.10. The second-order valence-electron chi connectivity index (χ2n) is 7.34. The third-order valence-corrected chi connectivity index (χ3v) is 17.7. The molecule has 2 N–H and O–H groups in total. The average molecular weight is 360 g/mol. The fraction of sp³-hybridized carbons (Fsp3) is 1.00. The Morgan fingerprint density at radius 2 is 1.22 bits per heavy atom. The summed E-state index contributed by atoms with van der Waals surface area (Å²) >= 11 is 0. The van der Waals surface area contributed by atoms with E-state index in [9.17, 15) is 0 Å². The first-order valence-corrected chi connectivity index (χ1v) is 14.9. The Morgan fingerprint density at radius 3 is 1.48 bits per heavy atom. The third-order valence-electron chi connectivity index (χ3n) is 5.36. The van der Waals surface area contributed by atoms with Crippen LogP contribution in [0.2, 0.25) is 24.2 Å². The highest BCUT2D eigenvalue weighted by atomic mass is 28.4. The molecule has 140 valence electrons. The third kappa shape index (κ3) is 6.27. The maximum atomic E-state index is 4.10. The molecule has 3 nitrogen and oxygen atoms in total. The van der Waals surface area contributed by atoms with E-state index in [1.807, 2.05) is 0 Å². The molecule has 0 amide bonds. The first-order valence-electron chi connectivity index (χ1n) is 10.2. The van der Waals surface area contributed by atoms with Crippen LogP contribution in [-0.4, -0.2) is 40.7 Å². The molecule has 0 atom stereocenters. The van der Waals surface area contributed by atoms with Crippen molar-refractivity contribution >= 4 is 16.8 Å². The summed E-state index contributed by atoms with van der Waals surface area (Å²) in [4.78, 5) is 8.19. The lowest BCUT2D eigenvalue weighted by atomic mass is 10.3. The molecule has 5 heteroatoms. The Hall–Kier alpha value is 0.314. The molecule has 0 aromatic rings. The van der Waals surface area contributed by atoms with Crippen LogP contribution in [0.4, 0.5) is 0 Å². The molecule has 0 unspecified atom stereocenters. The van der Waals surface area contributed by atoms with E-state index < -0.39 is 16.8 Å². The van der Waals surface area contributed by atoms with Gasteiger partial charge in [0.1, 0.15) is 8.24 Å². The topological polar surface area (TPSA) is 27.3 Å². The van der Waals surface area contributed by atoms with Crippen molar-refractivity contribution < 1.29 is 0 Å². The van der Waals surface area contributed by atoms with Gasteiger partial charge in [0, 0.05) is 0 Å². The molecular weight excluding hydrogens is 314 g/mol. The Balaban J connectivity index is 5.85. The van der Waals surface area contributed by atoms with Crippen molar-refractivity contribution in [3.63, 3.8) is 0 Å². The molecule has 23 heavy (non-hydrogen) atoms. The van der Waals surface area contributed by atoms with Gasteiger partial charge in [0.05, 0.1) is 0 Å². The highest BCUT2D eigenvalue weighted by Gasteiger charge is 2.48. The van der Waals surface area contributed by atoms with E-state index in [1.165, 1.54) is 43.6 Å². The van der Waals surface area contributed by atoms with Gasteiger partial charge >= 0.3 is 0 Å². The summed E-state index contributed by atoms with van der Waals surface area (Å²) in [6, 6.07) is 5.45. The minimum Gasteiger partial charge on any atom is -0.321 e. The van der Waals surface area contributed by atoms with Gasteiger partial charge < -0.3 is 14.2 Å². The normalized spacial score (nSPS) is 13.3. The zero-order chi connectivity index (χ0) is 17.9. The zero-order valence-electron chi connectivity index (χ0n) is 17.4. The van der Waals surface area contributed by atoms with E-state index in [1.54, 1.807) is 0 Å². The lowest BCUT2D eigenvalue weighted by Crippen LogP contribution is -2.79. The Kier molecular flexibility index (Phi) is 12.0. The summed E-state index contributed by atoms with van der Waals surface area (Å²) in [6.45, 7) is 22.6. The number of hydrogen-bond acceptors (Lipinski definition) is 3. The van der Waals surface area contributed by atoms with Crippen molar-refractivity contribution in [3.05, 3.63) is 0 Å². The summed E-state index contributed by atoms with van der Waals surface area (Å²) in [6.07, 6.45) is 2.44. The lowest BCUT2D eigenvalue weighted by Gasteiger charge is -2.52. The molecule has 0 bridgehead atoms. The van der Waals surface area contributed by atoms with Gasteiger partial charge in [-0.05, 0) is 62.6 Å². The second kappa shape index (κ2) is 11.8. The largest absolute Gasteiger partial charge is 0.321 e. The van der Waals surface area contributed by atoms with Gasteiger partial charge in [-0.15, -0.1) is 0 Å². The van der Waals surface area contributed by atoms with Crippen LogP contribution in [0.25, 0.3) is 0 Å². The van der Waals surface area contributed by atoms with E-state index in [0.29, 0.717) is 0 Å². The van der Waals surface area contributed by atoms with Gasteiger partial charge in [0.25, 0.3) is 8.56 Å². The van der Waals surface area contributed by atoms with E-state index >= 15 is 0 Å². The highest BCUT2D eigenvalue weighted by Crippen LogP contribution is 2.31. The number of rotatable bonds is 14. The van der Waals surface area contributed by atoms with Crippen LogP contribution in [0.15, 0.2) is 0 Å². The van der Waals surface area contributed by atoms with Crippen molar-refractivity contribution in [1.29, 1.82) is 0 Å². The minimum atomic E-state index is -1.83. The van der Waals surface area contributed by atoms with Crippen molar-refractivity contribution in [2.24, 2.45) is 5.92 Å². The average Bonchev–Trinajstić information content (AvgIpc) is 2.55. The summed E-state index contributed by atoms with van der Waals surface area (Å²) in [5, 5.41) is 0. The van der Waals surface area contributed by atoms with Gasteiger partial charge in [-0.3, -0.25) is 0 Å². The monoisotopic (exact) mass is 359 g/mol. The summed E-state index contributed by atoms with van der Waals surface area (Å²) in [7, 11) is -3.21. The molecular formula is C18H45N3Si2. The molecule has 0 aromatic carbocycles. The van der Waals surface area contributed by atoms with Crippen molar-refractivity contribution in [3.8, 4) is 0 Å². The van der Waals surface area contributed by atoms with Crippen LogP contribution in [0.3, 0.4) is 0 Å². The summed E-state index contributed by atoms with van der Waals surface area (Å²) in [5.41, 5.74) is 0. The van der Waals surface area contributed by atoms with E-state index in [-0.39, 0.29) is 0 Å². The molecule has 0 aromatic heterocycles. The molecule has 0 saturated carbocycles. The molecule has 0 spiro atoms. The van der Waals surface area contributed by atoms with Crippen molar-refractivity contribution in [2.75, 3.05) is 19.6 Å². The molecule has 0 radical (unpaired) electrons. The Bertz CT molecular complexity index is 278. The number of nitrogens with zero attached hydrogens (tertiary/aromatic N) is 1. The maximum Gasteiger partial charge on any atom is 0.277 e. The fourth-order valence-corrected chi connectivity index (χ4v) is 16.9. The summed E-state index contributed by atoms with van der Waals surface area (Å²) < 4.78 is 3.03. The van der Waals surface area contributed by atoms with Gasteiger partial charge in [-0.25, -0.2) is 0 Å². The van der Waals surface area contributed by atoms with Crippen LogP contribution >= 0.6 is 0 Å². The first kappa shape index (κ1) is 23.3. The molecule has 0 saturated heterocycles. The molecule has 0 heterocycles. The van der Waals surface area contributed by atoms with Crippen LogP contribution in [0, 0.1) is 5.92 Å². The SMILES string of the molecule is CCCN[Si](CC(C)C)(NCCC)N(CC)[Si](CC)(CC)CC. The predicted molar refractivity (Wildman–Crippen MR) is 112 cm³/mol. The molecule has 0 aliphatic rings. The molecule has 0 rings (SSSR count). The standard InChI is InChI=1S/C18H45N3Si2/c1-9-15-19-23(17-18(7)8,20-16-10-2)21(11-3)22(12-4,13-5)14-6/h18-20H,9-17H2,1-8H3. The second-order valence-corrected chi connectivity index (χ2v) is 16.3. The van der Waals surface area contributed by atoms with Gasteiger partial charge in [0.15, 0.2) is 0 Å². The quantitative estimate of drug-likeness (QED) is 0.432. The lowest BCUT2D eigenvalue weighted by molar-refractivity contribution is 0.528. The van der Waals surface area contributed by atoms with Gasteiger partial charge in [0.2, 0.25) is 0 Å². The van der Waals surface area contributed by atoms with Crippen LogP contribution < -0.4 is 9.96 Å².